The van der Waals surface area contributed by atoms with Crippen LogP contribution >= 0.6 is 0 Å². The van der Waals surface area contributed by atoms with Crippen molar-refractivity contribution in [1.29, 1.82) is 0 Å². The van der Waals surface area contributed by atoms with Crippen LogP contribution in [0.5, 0.6) is 0 Å². The molecule has 0 amide bonds. The summed E-state index contributed by atoms with van der Waals surface area (Å²) < 4.78 is 1.76. The maximum atomic E-state index is 8.76. The standard InChI is InChI=1S/C14H20N4O/c1-2-12-4-6-13(7-5-12)15-10-14-11-18(17-16-14)8-3-9-19/h4-7,11,15,19H,2-3,8-10H2,1H3. The fraction of sp³-hybridized carbons (Fsp3) is 0.429. The molecule has 1 aromatic heterocycles. The van der Waals surface area contributed by atoms with E-state index in [9.17, 15) is 0 Å². The van der Waals surface area contributed by atoms with Crippen LogP contribution in [-0.4, -0.2) is 26.7 Å². The first-order valence-corrected chi connectivity index (χ1v) is 6.64. The van der Waals surface area contributed by atoms with Gasteiger partial charge in [0.15, 0.2) is 0 Å². The SMILES string of the molecule is CCc1ccc(NCc2cn(CCCO)nn2)cc1. The van der Waals surface area contributed by atoms with Gasteiger partial charge in [-0.3, -0.25) is 4.68 Å². The number of aryl methyl sites for hydroxylation is 2. The molecular weight excluding hydrogens is 240 g/mol. The maximum absolute atomic E-state index is 8.76. The van der Waals surface area contributed by atoms with E-state index in [0.29, 0.717) is 19.5 Å². The molecule has 0 spiro atoms. The predicted octanol–water partition coefficient (Wildman–Crippen LogP) is 1.83. The number of anilines is 1. The smallest absolute Gasteiger partial charge is 0.102 e. The third-order valence-corrected chi connectivity index (χ3v) is 2.97. The summed E-state index contributed by atoms with van der Waals surface area (Å²) in [6.45, 7) is 3.68. The van der Waals surface area contributed by atoms with Crippen LogP contribution in [0.2, 0.25) is 0 Å². The Labute approximate surface area is 113 Å². The number of rotatable bonds is 7. The van der Waals surface area contributed by atoms with Gasteiger partial charge in [0, 0.05) is 18.8 Å². The Morgan fingerprint density at radius 1 is 1.26 bits per heavy atom. The van der Waals surface area contributed by atoms with Gasteiger partial charge in [0.25, 0.3) is 0 Å². The zero-order chi connectivity index (χ0) is 13.5. The van der Waals surface area contributed by atoms with Gasteiger partial charge < -0.3 is 10.4 Å². The first kappa shape index (κ1) is 13.5. The average molecular weight is 260 g/mol. The van der Waals surface area contributed by atoms with E-state index >= 15 is 0 Å². The summed E-state index contributed by atoms with van der Waals surface area (Å²) in [6, 6.07) is 8.41. The molecule has 5 heteroatoms. The van der Waals surface area contributed by atoms with Gasteiger partial charge in [-0.1, -0.05) is 24.3 Å². The van der Waals surface area contributed by atoms with Gasteiger partial charge in [-0.15, -0.1) is 5.10 Å². The Morgan fingerprint density at radius 2 is 2.05 bits per heavy atom. The first-order chi connectivity index (χ1) is 9.31. The van der Waals surface area contributed by atoms with E-state index in [4.69, 9.17) is 5.11 Å². The van der Waals surface area contributed by atoms with Gasteiger partial charge in [0.05, 0.1) is 12.7 Å². The molecule has 1 aromatic carbocycles. The summed E-state index contributed by atoms with van der Waals surface area (Å²) in [5.41, 5.74) is 3.32. The van der Waals surface area contributed by atoms with E-state index in [0.717, 1.165) is 17.8 Å². The van der Waals surface area contributed by atoms with Crippen molar-refractivity contribution in [2.24, 2.45) is 0 Å². The van der Waals surface area contributed by atoms with E-state index in [1.807, 2.05) is 6.20 Å². The fourth-order valence-corrected chi connectivity index (χ4v) is 1.81. The normalized spacial score (nSPS) is 10.6. The van der Waals surface area contributed by atoms with Crippen LogP contribution in [0.25, 0.3) is 0 Å². The Bertz CT molecular complexity index is 492. The van der Waals surface area contributed by atoms with Crippen molar-refractivity contribution < 1.29 is 5.11 Å². The molecule has 0 radical (unpaired) electrons. The third kappa shape index (κ3) is 4.06. The van der Waals surface area contributed by atoms with Crippen molar-refractivity contribution in [3.8, 4) is 0 Å². The van der Waals surface area contributed by atoms with Crippen LogP contribution in [0.4, 0.5) is 5.69 Å². The molecule has 0 saturated carbocycles. The molecule has 19 heavy (non-hydrogen) atoms. The summed E-state index contributed by atoms with van der Waals surface area (Å²) in [5.74, 6) is 0. The quantitative estimate of drug-likeness (QED) is 0.797. The highest BCUT2D eigenvalue weighted by molar-refractivity contribution is 5.44. The number of aromatic nitrogens is 3. The molecule has 102 valence electrons. The second-order valence-electron chi connectivity index (χ2n) is 4.45. The molecule has 0 aliphatic heterocycles. The van der Waals surface area contributed by atoms with Crippen LogP contribution in [0.3, 0.4) is 0 Å². The van der Waals surface area contributed by atoms with Crippen molar-refractivity contribution in [1.82, 2.24) is 15.0 Å². The molecule has 5 nitrogen and oxygen atoms in total. The second-order valence-corrected chi connectivity index (χ2v) is 4.45. The van der Waals surface area contributed by atoms with Crippen molar-refractivity contribution >= 4 is 5.69 Å². The Kier molecular flexibility index (Phi) is 4.92. The third-order valence-electron chi connectivity index (χ3n) is 2.97. The number of hydrogen-bond donors (Lipinski definition) is 2. The molecular formula is C14H20N4O. The minimum Gasteiger partial charge on any atom is -0.396 e. The van der Waals surface area contributed by atoms with E-state index in [1.54, 1.807) is 4.68 Å². The van der Waals surface area contributed by atoms with Crippen molar-refractivity contribution in [2.45, 2.75) is 32.9 Å². The molecule has 2 N–H and O–H groups in total. The Morgan fingerprint density at radius 3 is 2.74 bits per heavy atom. The molecule has 1 heterocycles. The molecule has 0 fully saturated rings. The van der Waals surface area contributed by atoms with Crippen LogP contribution < -0.4 is 5.32 Å². The van der Waals surface area contributed by atoms with Gasteiger partial charge in [-0.2, -0.15) is 0 Å². The molecule has 0 bridgehead atoms. The minimum atomic E-state index is 0.178. The number of aliphatic hydroxyl groups is 1. The molecule has 0 aliphatic rings. The summed E-state index contributed by atoms with van der Waals surface area (Å²) in [4.78, 5) is 0. The van der Waals surface area contributed by atoms with Gasteiger partial charge in [-0.05, 0) is 30.5 Å². The van der Waals surface area contributed by atoms with Crippen molar-refractivity contribution in [3.63, 3.8) is 0 Å². The van der Waals surface area contributed by atoms with E-state index in [-0.39, 0.29) is 6.61 Å². The molecule has 2 rings (SSSR count). The predicted molar refractivity (Wildman–Crippen MR) is 74.9 cm³/mol. The lowest BCUT2D eigenvalue weighted by Gasteiger charge is -2.04. The minimum absolute atomic E-state index is 0.178. The van der Waals surface area contributed by atoms with Crippen molar-refractivity contribution in [3.05, 3.63) is 41.7 Å². The van der Waals surface area contributed by atoms with E-state index in [2.05, 4.69) is 46.8 Å². The molecule has 2 aromatic rings. The number of benzene rings is 1. The number of aliphatic hydroxyl groups excluding tert-OH is 1. The summed E-state index contributed by atoms with van der Waals surface area (Å²) in [7, 11) is 0. The Balaban J connectivity index is 1.85. The lowest BCUT2D eigenvalue weighted by molar-refractivity contribution is 0.276. The topological polar surface area (TPSA) is 63.0 Å². The second kappa shape index (κ2) is 6.89. The lowest BCUT2D eigenvalue weighted by Crippen LogP contribution is -2.01. The van der Waals surface area contributed by atoms with Crippen LogP contribution in [0.15, 0.2) is 30.5 Å². The molecule has 0 saturated heterocycles. The summed E-state index contributed by atoms with van der Waals surface area (Å²) in [5, 5.41) is 20.2. The van der Waals surface area contributed by atoms with E-state index in [1.165, 1.54) is 5.56 Å². The van der Waals surface area contributed by atoms with Gasteiger partial charge in [0.2, 0.25) is 0 Å². The highest BCUT2D eigenvalue weighted by Crippen LogP contribution is 2.10. The maximum Gasteiger partial charge on any atom is 0.102 e. The molecule has 0 aliphatic carbocycles. The molecule has 0 atom stereocenters. The highest BCUT2D eigenvalue weighted by atomic mass is 16.3. The van der Waals surface area contributed by atoms with Gasteiger partial charge in [0.1, 0.15) is 5.69 Å². The zero-order valence-corrected chi connectivity index (χ0v) is 11.2. The summed E-state index contributed by atoms with van der Waals surface area (Å²) in [6.07, 6.45) is 3.66. The highest BCUT2D eigenvalue weighted by Gasteiger charge is 2.00. The lowest BCUT2D eigenvalue weighted by atomic mass is 10.1. The fourth-order valence-electron chi connectivity index (χ4n) is 1.81. The van der Waals surface area contributed by atoms with Gasteiger partial charge in [-0.25, -0.2) is 0 Å². The van der Waals surface area contributed by atoms with Gasteiger partial charge >= 0.3 is 0 Å². The monoisotopic (exact) mass is 260 g/mol. The summed E-state index contributed by atoms with van der Waals surface area (Å²) >= 11 is 0. The first-order valence-electron chi connectivity index (χ1n) is 6.64. The average Bonchev–Trinajstić information content (AvgIpc) is 2.91. The number of hydrogen-bond acceptors (Lipinski definition) is 4. The van der Waals surface area contributed by atoms with Crippen LogP contribution in [-0.2, 0) is 19.5 Å². The Hall–Kier alpha value is -1.88. The molecule has 0 unspecified atom stereocenters. The number of nitrogens with one attached hydrogen (secondary N) is 1. The largest absolute Gasteiger partial charge is 0.396 e. The van der Waals surface area contributed by atoms with E-state index < -0.39 is 0 Å². The van der Waals surface area contributed by atoms with Crippen LogP contribution in [0.1, 0.15) is 24.6 Å². The number of nitrogens with zero attached hydrogens (tertiary/aromatic N) is 3. The van der Waals surface area contributed by atoms with Crippen molar-refractivity contribution in [2.75, 3.05) is 11.9 Å². The zero-order valence-electron chi connectivity index (χ0n) is 11.2. The van der Waals surface area contributed by atoms with Crippen LogP contribution in [0, 0.1) is 0 Å².